The first-order chi connectivity index (χ1) is 16.7. The van der Waals surface area contributed by atoms with E-state index in [-0.39, 0.29) is 23.0 Å². The fourth-order valence-electron chi connectivity index (χ4n) is 7.00. The zero-order chi connectivity index (χ0) is 25.4. The van der Waals surface area contributed by atoms with Gasteiger partial charge in [-0.05, 0) is 85.9 Å². The van der Waals surface area contributed by atoms with Crippen LogP contribution in [0.1, 0.15) is 78.4 Å². The van der Waals surface area contributed by atoms with Crippen LogP contribution in [0.5, 0.6) is 11.5 Å². The van der Waals surface area contributed by atoms with Gasteiger partial charge in [-0.3, -0.25) is 0 Å². The topological polar surface area (TPSA) is 39.7 Å². The molecule has 1 aromatic carbocycles. The van der Waals surface area contributed by atoms with Crippen LogP contribution in [-0.2, 0) is 16.6 Å². The van der Waals surface area contributed by atoms with Gasteiger partial charge in [0, 0.05) is 18.1 Å². The Kier molecular flexibility index (Phi) is 8.35. The van der Waals surface area contributed by atoms with E-state index < -0.39 is 0 Å². The minimum absolute atomic E-state index is 0.0187. The van der Waals surface area contributed by atoms with Crippen LogP contribution in [-0.4, -0.2) is 44.9 Å². The van der Waals surface area contributed by atoms with Crippen molar-refractivity contribution in [3.8, 4) is 11.5 Å². The summed E-state index contributed by atoms with van der Waals surface area (Å²) in [5, 5.41) is 3.89. The number of hydrogen-bond donors (Lipinski definition) is 1. The number of benzene rings is 1. The fraction of sp³-hybridized carbons (Fsp3) is 0.800. The maximum absolute atomic E-state index is 7.02. The number of ether oxygens (including phenoxy) is 3. The van der Waals surface area contributed by atoms with E-state index in [1.54, 1.807) is 0 Å². The fourth-order valence-corrected chi connectivity index (χ4v) is 7.08. The van der Waals surface area contributed by atoms with Gasteiger partial charge in [0.05, 0.1) is 12.0 Å². The predicted molar refractivity (Wildman–Crippen MR) is 145 cm³/mol. The number of alkyl halides is 1. The molecule has 4 rings (SSSR count). The van der Waals surface area contributed by atoms with Crippen LogP contribution in [0.2, 0.25) is 0 Å². The summed E-state index contributed by atoms with van der Waals surface area (Å²) in [7, 11) is 1.89. The number of methoxy groups -OCH3 is 1. The van der Waals surface area contributed by atoms with Gasteiger partial charge in [-0.25, -0.2) is 0 Å². The molecular formula is C30H48ClNO3. The number of rotatable bonds is 11. The van der Waals surface area contributed by atoms with Crippen LogP contribution >= 0.6 is 11.6 Å². The number of nitrogens with one attached hydrogen (secondary N) is 1. The molecular weight excluding hydrogens is 458 g/mol. The molecule has 4 nitrogen and oxygen atoms in total. The largest absolute Gasteiger partial charge is 0.488 e. The Morgan fingerprint density at radius 3 is 2.51 bits per heavy atom. The molecule has 2 unspecified atom stereocenters. The third kappa shape index (κ3) is 4.97. The lowest BCUT2D eigenvalue weighted by Gasteiger charge is -2.54. The molecule has 1 aliphatic heterocycles. The summed E-state index contributed by atoms with van der Waals surface area (Å²) in [6.07, 6.45) is 5.94. The molecule has 0 amide bonds. The lowest BCUT2D eigenvalue weighted by Crippen LogP contribution is -2.61. The normalized spacial score (nSPS) is 31.0. The monoisotopic (exact) mass is 505 g/mol. The second kappa shape index (κ2) is 10.8. The van der Waals surface area contributed by atoms with Gasteiger partial charge in [-0.15, -0.1) is 11.6 Å². The van der Waals surface area contributed by atoms with Gasteiger partial charge in [0.2, 0.25) is 0 Å². The average Bonchev–Trinajstić information content (AvgIpc) is 3.59. The molecule has 5 heteroatoms. The highest BCUT2D eigenvalue weighted by molar-refractivity contribution is 6.18. The van der Waals surface area contributed by atoms with E-state index in [4.69, 9.17) is 25.8 Å². The molecule has 1 aromatic rings. The Hall–Kier alpha value is -0.970. The average molecular weight is 506 g/mol. The van der Waals surface area contributed by atoms with Gasteiger partial charge in [-0.2, -0.15) is 0 Å². The van der Waals surface area contributed by atoms with Gasteiger partial charge < -0.3 is 19.5 Å². The lowest BCUT2D eigenvalue weighted by atomic mass is 9.53. The van der Waals surface area contributed by atoms with Crippen LogP contribution in [0.25, 0.3) is 0 Å². The van der Waals surface area contributed by atoms with E-state index in [9.17, 15) is 0 Å². The molecule has 0 radical (unpaired) electrons. The summed E-state index contributed by atoms with van der Waals surface area (Å²) in [6, 6.07) is 4.34. The van der Waals surface area contributed by atoms with Gasteiger partial charge in [0.1, 0.15) is 12.7 Å². The van der Waals surface area contributed by atoms with Gasteiger partial charge in [0.15, 0.2) is 11.5 Å². The van der Waals surface area contributed by atoms with Crippen LogP contribution in [0.3, 0.4) is 0 Å². The highest BCUT2D eigenvalue weighted by atomic mass is 35.5. The number of halogens is 1. The van der Waals surface area contributed by atoms with E-state index in [0.717, 1.165) is 49.8 Å². The number of fused-ring (bicyclic) bond motifs is 3. The van der Waals surface area contributed by atoms with Crippen molar-refractivity contribution in [2.24, 2.45) is 29.1 Å². The Bertz CT molecular complexity index is 864. The molecule has 6 atom stereocenters. The maximum Gasteiger partial charge on any atom is 0.165 e. The smallest absolute Gasteiger partial charge is 0.165 e. The summed E-state index contributed by atoms with van der Waals surface area (Å²) < 4.78 is 19.5. The van der Waals surface area contributed by atoms with Gasteiger partial charge >= 0.3 is 0 Å². The summed E-state index contributed by atoms with van der Waals surface area (Å²) in [6.45, 7) is 16.8. The summed E-state index contributed by atoms with van der Waals surface area (Å²) in [5.41, 5.74) is 2.87. The highest BCUT2D eigenvalue weighted by Gasteiger charge is 2.62. The Morgan fingerprint density at radius 1 is 1.20 bits per heavy atom. The molecule has 2 fully saturated rings. The third-order valence-corrected chi connectivity index (χ3v) is 9.69. The number of hydrogen-bond acceptors (Lipinski definition) is 4. The van der Waals surface area contributed by atoms with E-state index >= 15 is 0 Å². The minimum atomic E-state index is -0.0909. The quantitative estimate of drug-likeness (QED) is 0.343. The predicted octanol–water partition coefficient (Wildman–Crippen LogP) is 6.61. The molecule has 2 saturated carbocycles. The van der Waals surface area contributed by atoms with E-state index in [1.807, 2.05) is 7.11 Å². The Balaban J connectivity index is 1.81. The van der Waals surface area contributed by atoms with E-state index in [2.05, 4.69) is 59.0 Å². The van der Waals surface area contributed by atoms with Gasteiger partial charge in [0.25, 0.3) is 0 Å². The summed E-state index contributed by atoms with van der Waals surface area (Å²) in [4.78, 5) is 0. The van der Waals surface area contributed by atoms with Crippen molar-refractivity contribution in [2.75, 3.05) is 32.7 Å². The van der Waals surface area contributed by atoms with Crippen molar-refractivity contribution < 1.29 is 14.2 Å². The van der Waals surface area contributed by atoms with Crippen molar-refractivity contribution in [1.82, 2.24) is 5.32 Å². The van der Waals surface area contributed by atoms with Crippen molar-refractivity contribution in [1.29, 1.82) is 0 Å². The molecule has 198 valence electrons. The molecule has 1 N–H and O–H groups in total. The second-order valence-electron chi connectivity index (χ2n) is 12.3. The molecule has 0 aromatic heterocycles. The van der Waals surface area contributed by atoms with Crippen LogP contribution < -0.4 is 14.8 Å². The minimum Gasteiger partial charge on any atom is -0.488 e. The third-order valence-electron chi connectivity index (χ3n) is 9.53. The van der Waals surface area contributed by atoms with Crippen molar-refractivity contribution in [3.63, 3.8) is 0 Å². The molecule has 2 aliphatic carbocycles. The summed E-state index contributed by atoms with van der Waals surface area (Å²) in [5.74, 6) is 4.54. The zero-order valence-corrected chi connectivity index (χ0v) is 23.8. The zero-order valence-electron chi connectivity index (χ0n) is 23.1. The second-order valence-corrected chi connectivity index (χ2v) is 12.7. The SMILES string of the molecule is CCc1ccc(OCCCl)c2c1[C@]1(CC)C(CNCC3CC3)C[C@H]([C@@H](C)C(C)(C)C)C(OC)[C@@H]1O2. The number of aryl methyl sites for hydroxylation is 1. The van der Waals surface area contributed by atoms with Crippen molar-refractivity contribution >= 4 is 11.6 Å². The first kappa shape index (κ1) is 27.1. The van der Waals surface area contributed by atoms with Gasteiger partial charge in [-0.1, -0.05) is 47.6 Å². The first-order valence-corrected chi connectivity index (χ1v) is 14.5. The molecule has 0 bridgehead atoms. The van der Waals surface area contributed by atoms with Crippen LogP contribution in [0.15, 0.2) is 12.1 Å². The maximum atomic E-state index is 7.02. The van der Waals surface area contributed by atoms with Crippen LogP contribution in [0, 0.1) is 29.1 Å². The molecule has 3 aliphatic rings. The van der Waals surface area contributed by atoms with Crippen molar-refractivity contribution in [3.05, 3.63) is 23.3 Å². The first-order valence-electron chi connectivity index (χ1n) is 14.0. The summed E-state index contributed by atoms with van der Waals surface area (Å²) >= 11 is 6.00. The lowest BCUT2D eigenvalue weighted by molar-refractivity contribution is -0.128. The Morgan fingerprint density at radius 2 is 1.94 bits per heavy atom. The van der Waals surface area contributed by atoms with Crippen molar-refractivity contribution in [2.45, 2.75) is 91.3 Å². The molecule has 1 heterocycles. The Labute approximate surface area is 218 Å². The van der Waals surface area contributed by atoms with Crippen LogP contribution in [0.4, 0.5) is 0 Å². The van der Waals surface area contributed by atoms with E-state index in [0.29, 0.717) is 30.2 Å². The molecule has 35 heavy (non-hydrogen) atoms. The molecule has 0 spiro atoms. The standard InChI is InChI=1S/C30H48ClNO3/c1-8-21-12-13-24(34-15-14-31)27-25(21)30(9-2)22(18-32-17-20-10-11-20)16-23(19(3)29(4,5)6)26(33-7)28(30)35-27/h12-13,19-20,22-23,26,28,32H,8-11,14-18H2,1-7H3/t19-,22?,23-,26?,28+,30+/m1/s1. The highest BCUT2D eigenvalue weighted by Crippen LogP contribution is 2.61. The van der Waals surface area contributed by atoms with E-state index in [1.165, 1.54) is 24.0 Å². The molecule has 0 saturated heterocycles.